The number of benzene rings is 1. The Morgan fingerprint density at radius 3 is 2.80 bits per heavy atom. The lowest BCUT2D eigenvalue weighted by atomic mass is 10.1. The Morgan fingerprint density at radius 2 is 2.12 bits per heavy atom. The fraction of sp³-hybridized carbons (Fsp3) is 0.562. The van der Waals surface area contributed by atoms with Gasteiger partial charge >= 0.3 is 5.97 Å². The number of ether oxygens (including phenoxy) is 2. The fourth-order valence-corrected chi connectivity index (χ4v) is 4.80. The van der Waals surface area contributed by atoms with E-state index in [2.05, 4.69) is 0 Å². The van der Waals surface area contributed by atoms with Gasteiger partial charge in [0.1, 0.15) is 16.7 Å². The average Bonchev–Trinajstić information content (AvgIpc) is 2.59. The van der Waals surface area contributed by atoms with E-state index in [4.69, 9.17) is 21.1 Å². The van der Waals surface area contributed by atoms with Gasteiger partial charge in [-0.1, -0.05) is 11.6 Å². The molecular formula is C16H22ClNO6S. The predicted octanol–water partition coefficient (Wildman–Crippen LogP) is 2.38. The maximum absolute atomic E-state index is 13.1. The van der Waals surface area contributed by atoms with E-state index < -0.39 is 22.0 Å². The molecule has 1 saturated heterocycles. The van der Waals surface area contributed by atoms with E-state index in [0.717, 1.165) is 4.31 Å². The van der Waals surface area contributed by atoms with Crippen LogP contribution in [0.5, 0.6) is 5.75 Å². The molecule has 1 N–H and O–H groups in total. The predicted molar refractivity (Wildman–Crippen MR) is 92.6 cm³/mol. The van der Waals surface area contributed by atoms with Crippen LogP contribution in [0.25, 0.3) is 0 Å². The van der Waals surface area contributed by atoms with Crippen LogP contribution in [0.4, 0.5) is 0 Å². The van der Waals surface area contributed by atoms with Gasteiger partial charge in [-0.2, -0.15) is 4.31 Å². The molecule has 9 heteroatoms. The van der Waals surface area contributed by atoms with Crippen LogP contribution in [0.2, 0.25) is 5.02 Å². The van der Waals surface area contributed by atoms with Crippen molar-refractivity contribution in [2.45, 2.75) is 36.6 Å². The molecule has 1 aliphatic heterocycles. The number of carboxylic acid groups (broad SMARTS) is 1. The number of aliphatic carboxylic acids is 1. The third kappa shape index (κ3) is 4.84. The Bertz CT molecular complexity index is 709. The van der Waals surface area contributed by atoms with Gasteiger partial charge in [0, 0.05) is 31.7 Å². The zero-order chi connectivity index (χ0) is 18.4. The van der Waals surface area contributed by atoms with E-state index >= 15 is 0 Å². The molecule has 0 spiro atoms. The van der Waals surface area contributed by atoms with Gasteiger partial charge in [-0.15, -0.1) is 0 Å². The molecule has 1 aromatic rings. The van der Waals surface area contributed by atoms with Crippen molar-refractivity contribution in [2.24, 2.45) is 0 Å². The zero-order valence-electron chi connectivity index (χ0n) is 14.0. The molecule has 1 unspecified atom stereocenters. The van der Waals surface area contributed by atoms with E-state index in [1.165, 1.54) is 18.2 Å². The van der Waals surface area contributed by atoms with Crippen molar-refractivity contribution in [2.75, 3.05) is 26.9 Å². The van der Waals surface area contributed by atoms with Crippen molar-refractivity contribution in [1.29, 1.82) is 0 Å². The molecule has 0 bridgehead atoms. The molecule has 1 atom stereocenters. The number of hydrogen-bond donors (Lipinski definition) is 1. The Kier molecular flexibility index (Phi) is 7.06. The van der Waals surface area contributed by atoms with Crippen molar-refractivity contribution >= 4 is 27.6 Å². The molecule has 0 aliphatic carbocycles. The van der Waals surface area contributed by atoms with Gasteiger partial charge in [-0.3, -0.25) is 4.79 Å². The molecule has 25 heavy (non-hydrogen) atoms. The molecule has 0 radical (unpaired) electrons. The summed E-state index contributed by atoms with van der Waals surface area (Å²) in [6.45, 7) is 0.929. The van der Waals surface area contributed by atoms with Gasteiger partial charge in [-0.05, 0) is 37.5 Å². The second kappa shape index (κ2) is 8.84. The van der Waals surface area contributed by atoms with Crippen LogP contribution in [-0.4, -0.2) is 56.7 Å². The van der Waals surface area contributed by atoms with Crippen LogP contribution >= 0.6 is 11.6 Å². The summed E-state index contributed by atoms with van der Waals surface area (Å²) in [6.07, 6.45) is 2.19. The van der Waals surface area contributed by atoms with Gasteiger partial charge in [0.05, 0.1) is 6.61 Å². The first-order valence-electron chi connectivity index (χ1n) is 8.04. The zero-order valence-corrected chi connectivity index (χ0v) is 15.6. The van der Waals surface area contributed by atoms with Crippen LogP contribution in [0.3, 0.4) is 0 Å². The van der Waals surface area contributed by atoms with Gasteiger partial charge in [0.25, 0.3) is 0 Å². The molecule has 1 aliphatic rings. The van der Waals surface area contributed by atoms with E-state index in [-0.39, 0.29) is 28.8 Å². The largest absolute Gasteiger partial charge is 0.492 e. The number of sulfonamides is 1. The normalized spacial score (nSPS) is 18.9. The second-order valence-corrected chi connectivity index (χ2v) is 8.05. The molecule has 0 aromatic heterocycles. The van der Waals surface area contributed by atoms with Gasteiger partial charge in [0.2, 0.25) is 10.0 Å². The molecule has 0 amide bonds. The number of rotatable bonds is 8. The first kappa shape index (κ1) is 20.0. The Morgan fingerprint density at radius 1 is 1.36 bits per heavy atom. The summed E-state index contributed by atoms with van der Waals surface area (Å²) in [5.74, 6) is -0.983. The quantitative estimate of drug-likeness (QED) is 0.684. The van der Waals surface area contributed by atoms with E-state index in [1.807, 2.05) is 0 Å². The summed E-state index contributed by atoms with van der Waals surface area (Å²) < 4.78 is 37.7. The maximum Gasteiger partial charge on any atom is 0.322 e. The van der Waals surface area contributed by atoms with Crippen molar-refractivity contribution in [1.82, 2.24) is 4.31 Å². The first-order chi connectivity index (χ1) is 11.9. The monoisotopic (exact) mass is 391 g/mol. The SMILES string of the molecule is COCCCOc1ccc(Cl)cc1S(=O)(=O)N1CCCCC1C(=O)O. The molecule has 7 nitrogen and oxygen atoms in total. The maximum atomic E-state index is 13.1. The van der Waals surface area contributed by atoms with Crippen LogP contribution in [0, 0.1) is 0 Å². The number of piperidine rings is 1. The van der Waals surface area contributed by atoms with E-state index in [1.54, 1.807) is 7.11 Å². The Labute approximate surface area is 152 Å². The molecule has 2 rings (SSSR count). The van der Waals surface area contributed by atoms with E-state index in [0.29, 0.717) is 32.3 Å². The average molecular weight is 392 g/mol. The minimum Gasteiger partial charge on any atom is -0.492 e. The van der Waals surface area contributed by atoms with Crippen LogP contribution in [0.1, 0.15) is 25.7 Å². The summed E-state index contributed by atoms with van der Waals surface area (Å²) in [7, 11) is -2.47. The number of nitrogens with zero attached hydrogens (tertiary/aromatic N) is 1. The standard InChI is InChI=1S/C16H22ClNO6S/c1-23-9-4-10-24-14-7-6-12(17)11-15(14)25(21,22)18-8-3-2-5-13(18)16(19)20/h6-7,11,13H,2-5,8-10H2,1H3,(H,19,20). The number of halogens is 1. The van der Waals surface area contributed by atoms with Crippen molar-refractivity contribution in [3.63, 3.8) is 0 Å². The lowest BCUT2D eigenvalue weighted by molar-refractivity contribution is -0.142. The number of carboxylic acids is 1. The lowest BCUT2D eigenvalue weighted by Gasteiger charge is -2.32. The summed E-state index contributed by atoms with van der Waals surface area (Å²) in [5.41, 5.74) is 0. The summed E-state index contributed by atoms with van der Waals surface area (Å²) in [5, 5.41) is 9.61. The molecule has 1 aromatic carbocycles. The highest BCUT2D eigenvalue weighted by molar-refractivity contribution is 7.89. The third-order valence-electron chi connectivity index (χ3n) is 3.98. The highest BCUT2D eigenvalue weighted by atomic mass is 35.5. The topological polar surface area (TPSA) is 93.1 Å². The van der Waals surface area contributed by atoms with Crippen molar-refractivity contribution in [3.05, 3.63) is 23.2 Å². The van der Waals surface area contributed by atoms with E-state index in [9.17, 15) is 18.3 Å². The van der Waals surface area contributed by atoms with Crippen LogP contribution < -0.4 is 4.74 Å². The van der Waals surface area contributed by atoms with Crippen LogP contribution in [-0.2, 0) is 19.6 Å². The smallest absolute Gasteiger partial charge is 0.322 e. The van der Waals surface area contributed by atoms with Crippen molar-refractivity contribution in [3.8, 4) is 5.75 Å². The van der Waals surface area contributed by atoms with Crippen molar-refractivity contribution < 1.29 is 27.8 Å². The number of hydrogen-bond acceptors (Lipinski definition) is 5. The van der Waals surface area contributed by atoms with Crippen LogP contribution in [0.15, 0.2) is 23.1 Å². The minimum absolute atomic E-state index is 0.106. The van der Waals surface area contributed by atoms with Gasteiger partial charge in [0.15, 0.2) is 0 Å². The highest BCUT2D eigenvalue weighted by Gasteiger charge is 2.39. The fourth-order valence-electron chi connectivity index (χ4n) is 2.75. The molecular weight excluding hydrogens is 370 g/mol. The second-order valence-electron chi connectivity index (χ2n) is 5.75. The summed E-state index contributed by atoms with van der Waals surface area (Å²) in [4.78, 5) is 11.4. The minimum atomic E-state index is -4.04. The van der Waals surface area contributed by atoms with Gasteiger partial charge in [-0.25, -0.2) is 8.42 Å². The Hall–Kier alpha value is -1.35. The lowest BCUT2D eigenvalue weighted by Crippen LogP contribution is -2.47. The number of carbonyl (C=O) groups is 1. The summed E-state index contributed by atoms with van der Waals surface area (Å²) >= 11 is 5.97. The molecule has 1 fully saturated rings. The first-order valence-corrected chi connectivity index (χ1v) is 9.85. The molecule has 1 heterocycles. The highest BCUT2D eigenvalue weighted by Crippen LogP contribution is 2.33. The Balaban J connectivity index is 2.33. The third-order valence-corrected chi connectivity index (χ3v) is 6.15. The molecule has 0 saturated carbocycles. The molecule has 140 valence electrons. The van der Waals surface area contributed by atoms with Gasteiger partial charge < -0.3 is 14.6 Å². The number of methoxy groups -OCH3 is 1. The summed E-state index contributed by atoms with van der Waals surface area (Å²) in [6, 6.07) is 3.26.